The van der Waals surface area contributed by atoms with Crippen molar-refractivity contribution in [2.24, 2.45) is 0 Å². The molecule has 0 spiro atoms. The third-order valence-electron chi connectivity index (χ3n) is 5.98. The van der Waals surface area contributed by atoms with Crippen LogP contribution < -0.4 is 10.1 Å². The highest BCUT2D eigenvalue weighted by Gasteiger charge is 2.47. The molecule has 168 valence electrons. The third-order valence-corrected chi connectivity index (χ3v) is 5.98. The van der Waals surface area contributed by atoms with Gasteiger partial charge in [0.15, 0.2) is 6.10 Å². The lowest BCUT2D eigenvalue weighted by atomic mass is 9.90. The fraction of sp³-hybridized carbons (Fsp3) is 0.682. The zero-order chi connectivity index (χ0) is 21.8. The van der Waals surface area contributed by atoms with Crippen LogP contribution in [0.2, 0.25) is 0 Å². The summed E-state index contributed by atoms with van der Waals surface area (Å²) in [6.07, 6.45) is -2.55. The monoisotopic (exact) mass is 423 g/mol. The van der Waals surface area contributed by atoms with Crippen molar-refractivity contribution in [1.29, 1.82) is 0 Å². The second-order valence-corrected chi connectivity index (χ2v) is 8.06. The Morgan fingerprint density at radius 3 is 2.40 bits per heavy atom. The molecule has 8 heteroatoms. The molecule has 1 saturated carbocycles. The minimum Gasteiger partial charge on any atom is -0.490 e. The molecule has 4 N–H and O–H groups in total. The highest BCUT2D eigenvalue weighted by Crippen LogP contribution is 2.36. The van der Waals surface area contributed by atoms with Crippen molar-refractivity contribution < 1.29 is 34.3 Å². The van der Waals surface area contributed by atoms with Gasteiger partial charge >= 0.3 is 0 Å². The standard InChI is InChI=1S/C22H33NO7/c1-4-28-14-7-9-15(10-8-14)29-16-11-13(6-5-12(16)2)20-18(25)17(24)19(26)21(30-20)22(27)23-3/h5-6,11,14-15,17-21,24-26H,4,7-10H2,1-3H3,(H,23,27)/t14?,15?,17-,18-,19+,20+,21+/m1/s1. The van der Waals surface area contributed by atoms with Gasteiger partial charge in [0, 0.05) is 13.7 Å². The van der Waals surface area contributed by atoms with Gasteiger partial charge in [0.05, 0.1) is 12.2 Å². The molecule has 1 aromatic rings. The summed E-state index contributed by atoms with van der Waals surface area (Å²) < 4.78 is 17.6. The SMILES string of the molecule is CCOC1CCC(Oc2cc([C@@H]3O[C@H](C(=O)NC)[C@@H](O)[C@H](O)[C@H]3O)ccc2C)CC1. The Morgan fingerprint density at radius 2 is 1.77 bits per heavy atom. The quantitative estimate of drug-likeness (QED) is 0.539. The molecule has 0 unspecified atom stereocenters. The van der Waals surface area contributed by atoms with E-state index >= 15 is 0 Å². The first kappa shape index (κ1) is 23.0. The van der Waals surface area contributed by atoms with E-state index in [-0.39, 0.29) is 6.10 Å². The van der Waals surface area contributed by atoms with E-state index in [4.69, 9.17) is 14.2 Å². The van der Waals surface area contributed by atoms with E-state index in [0.29, 0.717) is 17.4 Å². The van der Waals surface area contributed by atoms with E-state index in [9.17, 15) is 20.1 Å². The number of carbonyl (C=O) groups excluding carboxylic acids is 1. The van der Waals surface area contributed by atoms with Gasteiger partial charge in [-0.1, -0.05) is 12.1 Å². The molecule has 1 aromatic carbocycles. The van der Waals surface area contributed by atoms with Crippen molar-refractivity contribution >= 4 is 5.91 Å². The Bertz CT molecular complexity index is 719. The van der Waals surface area contributed by atoms with Gasteiger partial charge in [-0.05, 0) is 56.7 Å². The predicted octanol–water partition coefficient (Wildman–Crippen LogP) is 0.990. The van der Waals surface area contributed by atoms with E-state index in [1.807, 2.05) is 19.9 Å². The largest absolute Gasteiger partial charge is 0.490 e. The zero-order valence-corrected chi connectivity index (χ0v) is 17.8. The van der Waals surface area contributed by atoms with Crippen LogP contribution in [0.25, 0.3) is 0 Å². The van der Waals surface area contributed by atoms with E-state index < -0.39 is 36.4 Å². The van der Waals surface area contributed by atoms with Crippen molar-refractivity contribution in [3.05, 3.63) is 29.3 Å². The minimum absolute atomic E-state index is 0.0823. The number of rotatable bonds is 6. The number of benzene rings is 1. The normalized spacial score (nSPS) is 34.4. The van der Waals surface area contributed by atoms with Crippen molar-refractivity contribution in [2.45, 2.75) is 82.3 Å². The molecule has 0 radical (unpaired) electrons. The molecule has 0 aromatic heterocycles. The van der Waals surface area contributed by atoms with Gasteiger partial charge in [0.25, 0.3) is 5.91 Å². The molecular formula is C22H33NO7. The summed E-state index contributed by atoms with van der Waals surface area (Å²) in [4.78, 5) is 12.0. The Hall–Kier alpha value is -1.71. The Morgan fingerprint density at radius 1 is 1.10 bits per heavy atom. The minimum atomic E-state index is -1.52. The summed E-state index contributed by atoms with van der Waals surface area (Å²) >= 11 is 0. The van der Waals surface area contributed by atoms with E-state index in [1.165, 1.54) is 7.05 Å². The molecule has 5 atom stereocenters. The number of aliphatic hydroxyl groups excluding tert-OH is 3. The lowest BCUT2D eigenvalue weighted by molar-refractivity contribution is -0.222. The number of likely N-dealkylation sites (N-methyl/N-ethyl adjacent to an activating group) is 1. The second kappa shape index (κ2) is 10.1. The van der Waals surface area contributed by atoms with Crippen LogP contribution in [0.4, 0.5) is 0 Å². The van der Waals surface area contributed by atoms with Crippen LogP contribution in [0.15, 0.2) is 18.2 Å². The third kappa shape index (κ3) is 4.95. The summed E-state index contributed by atoms with van der Waals surface area (Å²) in [6, 6.07) is 5.41. The van der Waals surface area contributed by atoms with Gasteiger partial charge in [0.1, 0.15) is 30.2 Å². The maximum Gasteiger partial charge on any atom is 0.251 e. The lowest BCUT2D eigenvalue weighted by Crippen LogP contribution is -2.58. The zero-order valence-electron chi connectivity index (χ0n) is 17.8. The molecule has 1 heterocycles. The number of nitrogens with one attached hydrogen (secondary N) is 1. The van der Waals surface area contributed by atoms with Crippen molar-refractivity contribution in [3.63, 3.8) is 0 Å². The van der Waals surface area contributed by atoms with Crippen LogP contribution in [0.1, 0.15) is 49.8 Å². The molecule has 2 fully saturated rings. The van der Waals surface area contributed by atoms with Crippen molar-refractivity contribution in [1.82, 2.24) is 5.32 Å². The first-order valence-electron chi connectivity index (χ1n) is 10.7. The van der Waals surface area contributed by atoms with E-state index in [2.05, 4.69) is 5.32 Å². The van der Waals surface area contributed by atoms with Crippen LogP contribution in [0, 0.1) is 6.92 Å². The molecule has 1 aliphatic carbocycles. The lowest BCUT2D eigenvalue weighted by Gasteiger charge is -2.40. The van der Waals surface area contributed by atoms with Gasteiger partial charge in [-0.15, -0.1) is 0 Å². The number of amides is 1. The Balaban J connectivity index is 1.74. The van der Waals surface area contributed by atoms with Crippen LogP contribution in [-0.4, -0.2) is 71.5 Å². The van der Waals surface area contributed by atoms with Crippen molar-refractivity contribution in [3.8, 4) is 5.75 Å². The van der Waals surface area contributed by atoms with Crippen molar-refractivity contribution in [2.75, 3.05) is 13.7 Å². The molecule has 1 aliphatic heterocycles. The maximum atomic E-state index is 12.0. The fourth-order valence-electron chi connectivity index (χ4n) is 4.17. The topological polar surface area (TPSA) is 117 Å². The van der Waals surface area contributed by atoms with Crippen LogP contribution in [0.3, 0.4) is 0 Å². The van der Waals surface area contributed by atoms with Gasteiger partial charge in [-0.2, -0.15) is 0 Å². The smallest absolute Gasteiger partial charge is 0.251 e. The molecule has 8 nitrogen and oxygen atoms in total. The van der Waals surface area contributed by atoms with Gasteiger partial charge in [-0.3, -0.25) is 4.79 Å². The number of aliphatic hydroxyl groups is 3. The molecule has 30 heavy (non-hydrogen) atoms. The highest BCUT2D eigenvalue weighted by molar-refractivity contribution is 5.81. The number of carbonyl (C=O) groups is 1. The molecule has 0 bridgehead atoms. The summed E-state index contributed by atoms with van der Waals surface area (Å²) in [5, 5.41) is 33.2. The maximum absolute atomic E-state index is 12.0. The summed E-state index contributed by atoms with van der Waals surface area (Å²) in [7, 11) is 1.42. The number of hydrogen-bond donors (Lipinski definition) is 4. The average molecular weight is 424 g/mol. The predicted molar refractivity (Wildman–Crippen MR) is 109 cm³/mol. The molecule has 3 rings (SSSR count). The van der Waals surface area contributed by atoms with Gasteiger partial charge in [0.2, 0.25) is 0 Å². The molecule has 1 amide bonds. The summed E-state index contributed by atoms with van der Waals surface area (Å²) in [5.74, 6) is 0.119. The number of ether oxygens (including phenoxy) is 3. The second-order valence-electron chi connectivity index (χ2n) is 8.06. The molecular weight excluding hydrogens is 390 g/mol. The van der Waals surface area contributed by atoms with Gasteiger partial charge < -0.3 is 34.8 Å². The van der Waals surface area contributed by atoms with E-state index in [0.717, 1.165) is 37.9 Å². The van der Waals surface area contributed by atoms with Crippen LogP contribution in [0.5, 0.6) is 5.75 Å². The fourth-order valence-corrected chi connectivity index (χ4v) is 4.17. The Labute approximate surface area is 177 Å². The average Bonchev–Trinajstić information content (AvgIpc) is 2.75. The number of aryl methyl sites for hydroxylation is 1. The molecule has 1 saturated heterocycles. The van der Waals surface area contributed by atoms with E-state index in [1.54, 1.807) is 12.1 Å². The Kier molecular flexibility index (Phi) is 7.70. The number of hydrogen-bond acceptors (Lipinski definition) is 7. The van der Waals surface area contributed by atoms with Gasteiger partial charge in [-0.25, -0.2) is 0 Å². The van der Waals surface area contributed by atoms with Crippen LogP contribution >= 0.6 is 0 Å². The summed E-state index contributed by atoms with van der Waals surface area (Å²) in [5.41, 5.74) is 1.52. The van der Waals surface area contributed by atoms with Crippen LogP contribution in [-0.2, 0) is 14.3 Å². The highest BCUT2D eigenvalue weighted by atomic mass is 16.5. The summed E-state index contributed by atoms with van der Waals surface area (Å²) in [6.45, 7) is 4.66. The first-order valence-corrected chi connectivity index (χ1v) is 10.7. The molecule has 2 aliphatic rings. The first-order chi connectivity index (χ1) is 14.3.